The molecule has 10 heteroatoms. The van der Waals surface area contributed by atoms with Gasteiger partial charge in [0.25, 0.3) is 5.91 Å². The number of hydrogen-bond donors (Lipinski definition) is 2. The highest BCUT2D eigenvalue weighted by Gasteiger charge is 2.28. The molecular weight excluding hydrogens is 450 g/mol. The van der Waals surface area contributed by atoms with Gasteiger partial charge in [0.15, 0.2) is 0 Å². The fourth-order valence-corrected chi connectivity index (χ4v) is 5.60. The maximum Gasteiger partial charge on any atom is 0.255 e. The minimum Gasteiger partial charge on any atom is -0.322 e. The number of carbonyl (C=O) groups is 1. The predicted octanol–water partition coefficient (Wildman–Crippen LogP) is 2.33. The van der Waals surface area contributed by atoms with Crippen LogP contribution in [0.5, 0.6) is 0 Å². The zero-order chi connectivity index (χ0) is 22.9. The Hall–Kier alpha value is -3.05. The summed E-state index contributed by atoms with van der Waals surface area (Å²) in [5.41, 5.74) is 2.45. The summed E-state index contributed by atoms with van der Waals surface area (Å²) in [5.74, 6) is -0.572. The van der Waals surface area contributed by atoms with E-state index in [0.29, 0.717) is 13.0 Å². The predicted molar refractivity (Wildman–Crippen MR) is 120 cm³/mol. The molecule has 32 heavy (non-hydrogen) atoms. The first kappa shape index (κ1) is 22.2. The number of hydrogen-bond acceptors (Lipinski definition) is 5. The zero-order valence-corrected chi connectivity index (χ0v) is 18.6. The number of anilines is 1. The van der Waals surface area contributed by atoms with Crippen molar-refractivity contribution in [2.45, 2.75) is 22.8 Å². The molecule has 0 atom stereocenters. The Morgan fingerprint density at radius 1 is 0.844 bits per heavy atom. The Kier molecular flexibility index (Phi) is 5.87. The smallest absolute Gasteiger partial charge is 0.255 e. The Bertz CT molecular complexity index is 1400. The van der Waals surface area contributed by atoms with Crippen LogP contribution in [-0.2, 0) is 33.0 Å². The van der Waals surface area contributed by atoms with Crippen LogP contribution in [0.25, 0.3) is 0 Å². The second kappa shape index (κ2) is 8.47. The largest absolute Gasteiger partial charge is 0.322 e. The van der Waals surface area contributed by atoms with E-state index in [-0.39, 0.29) is 27.6 Å². The van der Waals surface area contributed by atoms with E-state index in [1.54, 1.807) is 0 Å². The summed E-state index contributed by atoms with van der Waals surface area (Å²) in [4.78, 5) is 12.6. The van der Waals surface area contributed by atoms with Crippen LogP contribution in [0.4, 0.5) is 5.69 Å². The number of nitrogens with two attached hydrogens (primary N) is 1. The first-order valence-corrected chi connectivity index (χ1v) is 12.7. The van der Waals surface area contributed by atoms with Crippen molar-refractivity contribution in [3.05, 3.63) is 89.5 Å². The van der Waals surface area contributed by atoms with E-state index in [4.69, 9.17) is 5.14 Å². The van der Waals surface area contributed by atoms with Gasteiger partial charge in [-0.2, -0.15) is 4.31 Å². The van der Waals surface area contributed by atoms with Crippen LogP contribution in [0, 0.1) is 0 Å². The van der Waals surface area contributed by atoms with E-state index in [1.165, 1.54) is 52.8 Å². The monoisotopic (exact) mass is 471 g/mol. The molecule has 4 rings (SSSR count). The average Bonchev–Trinajstić information content (AvgIpc) is 2.78. The lowest BCUT2D eigenvalue weighted by molar-refractivity contribution is 0.102. The molecule has 0 aromatic heterocycles. The topological polar surface area (TPSA) is 127 Å². The third kappa shape index (κ3) is 4.58. The third-order valence-electron chi connectivity index (χ3n) is 5.25. The number of primary sulfonamides is 1. The van der Waals surface area contributed by atoms with Crippen molar-refractivity contribution in [1.29, 1.82) is 0 Å². The van der Waals surface area contributed by atoms with E-state index in [9.17, 15) is 21.6 Å². The highest BCUT2D eigenvalue weighted by Crippen LogP contribution is 2.25. The number of nitrogens with zero attached hydrogens (tertiary/aromatic N) is 1. The molecule has 3 aromatic rings. The number of amides is 1. The summed E-state index contributed by atoms with van der Waals surface area (Å²) >= 11 is 0. The molecule has 0 saturated carbocycles. The summed E-state index contributed by atoms with van der Waals surface area (Å²) in [5, 5.41) is 7.70. The molecule has 1 heterocycles. The van der Waals surface area contributed by atoms with Gasteiger partial charge in [-0.1, -0.05) is 36.4 Å². The summed E-state index contributed by atoms with van der Waals surface area (Å²) < 4.78 is 50.8. The highest BCUT2D eigenvalue weighted by molar-refractivity contribution is 7.89. The van der Waals surface area contributed by atoms with Gasteiger partial charge in [-0.25, -0.2) is 22.0 Å². The Labute approximate surface area is 186 Å². The van der Waals surface area contributed by atoms with Gasteiger partial charge < -0.3 is 5.32 Å². The number of rotatable bonds is 5. The van der Waals surface area contributed by atoms with Gasteiger partial charge in [0.1, 0.15) is 0 Å². The molecule has 1 aliphatic heterocycles. The van der Waals surface area contributed by atoms with Crippen molar-refractivity contribution in [2.75, 3.05) is 11.9 Å². The van der Waals surface area contributed by atoms with Crippen molar-refractivity contribution in [2.24, 2.45) is 5.14 Å². The van der Waals surface area contributed by atoms with Gasteiger partial charge in [-0.15, -0.1) is 0 Å². The zero-order valence-electron chi connectivity index (χ0n) is 16.9. The lowest BCUT2D eigenvalue weighted by Gasteiger charge is -2.28. The van der Waals surface area contributed by atoms with Gasteiger partial charge in [0, 0.05) is 24.3 Å². The first-order valence-electron chi connectivity index (χ1n) is 9.76. The standard InChI is InChI=1S/C22H21N3O5S2/c23-31(27,28)20-9-4-8-19(14-20)24-22(26)17-7-3-10-21(13-17)32(29,30)25-12-11-16-5-1-2-6-18(16)15-25/h1-10,13-14H,11-12,15H2,(H,24,26)(H2,23,27,28). The van der Waals surface area contributed by atoms with Gasteiger partial charge >= 0.3 is 0 Å². The maximum absolute atomic E-state index is 13.2. The molecular formula is C22H21N3O5S2. The van der Waals surface area contributed by atoms with Gasteiger partial charge in [-0.05, 0) is 53.9 Å². The van der Waals surface area contributed by atoms with Crippen molar-refractivity contribution in [1.82, 2.24) is 4.31 Å². The van der Waals surface area contributed by atoms with Crippen LogP contribution in [0.1, 0.15) is 21.5 Å². The second-order valence-electron chi connectivity index (χ2n) is 7.41. The minimum atomic E-state index is -3.92. The van der Waals surface area contributed by atoms with Crippen LogP contribution in [0.3, 0.4) is 0 Å². The van der Waals surface area contributed by atoms with Crippen LogP contribution in [-0.4, -0.2) is 33.6 Å². The molecule has 0 aliphatic carbocycles. The average molecular weight is 472 g/mol. The number of benzene rings is 3. The van der Waals surface area contributed by atoms with Gasteiger partial charge in [-0.3, -0.25) is 4.79 Å². The summed E-state index contributed by atoms with van der Waals surface area (Å²) in [7, 11) is -7.72. The maximum atomic E-state index is 13.2. The summed E-state index contributed by atoms with van der Waals surface area (Å²) in [6, 6.07) is 19.0. The molecule has 0 saturated heterocycles. The van der Waals surface area contributed by atoms with Crippen molar-refractivity contribution >= 4 is 31.6 Å². The lowest BCUT2D eigenvalue weighted by Crippen LogP contribution is -2.36. The number of sulfonamides is 2. The summed E-state index contributed by atoms with van der Waals surface area (Å²) in [6.45, 7) is 0.630. The number of nitrogens with one attached hydrogen (secondary N) is 1. The van der Waals surface area contributed by atoms with Crippen LogP contribution in [0.15, 0.2) is 82.6 Å². The molecule has 166 valence electrons. The molecule has 0 unspecified atom stereocenters. The molecule has 0 radical (unpaired) electrons. The van der Waals surface area contributed by atoms with Crippen LogP contribution < -0.4 is 10.5 Å². The van der Waals surface area contributed by atoms with E-state index in [0.717, 1.165) is 11.1 Å². The molecule has 0 fully saturated rings. The Morgan fingerprint density at radius 3 is 2.28 bits per heavy atom. The van der Waals surface area contributed by atoms with E-state index < -0.39 is 26.0 Å². The van der Waals surface area contributed by atoms with Gasteiger partial charge in [0.05, 0.1) is 9.79 Å². The van der Waals surface area contributed by atoms with Crippen molar-refractivity contribution in [3.8, 4) is 0 Å². The van der Waals surface area contributed by atoms with Crippen LogP contribution in [0.2, 0.25) is 0 Å². The van der Waals surface area contributed by atoms with E-state index in [1.807, 2.05) is 24.3 Å². The molecule has 0 bridgehead atoms. The normalized spacial score (nSPS) is 14.5. The van der Waals surface area contributed by atoms with Crippen molar-refractivity contribution < 1.29 is 21.6 Å². The highest BCUT2D eigenvalue weighted by atomic mass is 32.2. The third-order valence-corrected chi connectivity index (χ3v) is 8.00. The molecule has 3 N–H and O–H groups in total. The molecule has 0 spiro atoms. The molecule has 3 aromatic carbocycles. The Balaban J connectivity index is 1.56. The van der Waals surface area contributed by atoms with E-state index in [2.05, 4.69) is 5.32 Å². The number of fused-ring (bicyclic) bond motifs is 1. The van der Waals surface area contributed by atoms with Crippen LogP contribution >= 0.6 is 0 Å². The minimum absolute atomic E-state index is 0.0165. The van der Waals surface area contributed by atoms with Gasteiger partial charge in [0.2, 0.25) is 20.0 Å². The first-order chi connectivity index (χ1) is 15.1. The fourth-order valence-electron chi connectivity index (χ4n) is 3.58. The van der Waals surface area contributed by atoms with Crippen molar-refractivity contribution in [3.63, 3.8) is 0 Å². The van der Waals surface area contributed by atoms with E-state index >= 15 is 0 Å². The Morgan fingerprint density at radius 2 is 1.53 bits per heavy atom. The molecule has 8 nitrogen and oxygen atoms in total. The lowest BCUT2D eigenvalue weighted by atomic mass is 10.0. The fraction of sp³-hybridized carbons (Fsp3) is 0.136. The molecule has 1 aliphatic rings. The summed E-state index contributed by atoms with van der Waals surface area (Å²) in [6.07, 6.45) is 0.621. The second-order valence-corrected chi connectivity index (χ2v) is 10.9. The molecule has 1 amide bonds. The number of carbonyl (C=O) groups excluding carboxylic acids is 1. The SMILES string of the molecule is NS(=O)(=O)c1cccc(NC(=O)c2cccc(S(=O)(=O)N3CCc4ccccc4C3)c2)c1. The quantitative estimate of drug-likeness (QED) is 0.591.